The molecule has 0 bridgehead atoms. The van der Waals surface area contributed by atoms with Crippen LogP contribution in [0.1, 0.15) is 22.3 Å². The van der Waals surface area contributed by atoms with E-state index in [1.54, 1.807) is 0 Å². The van der Waals surface area contributed by atoms with Gasteiger partial charge in [-0.3, -0.25) is 9.97 Å². The summed E-state index contributed by atoms with van der Waals surface area (Å²) in [5.74, 6) is 0. The van der Waals surface area contributed by atoms with E-state index in [0.717, 1.165) is 105 Å². The number of aromatic nitrogens is 5. The van der Waals surface area contributed by atoms with E-state index in [1.807, 2.05) is 12.4 Å². The van der Waals surface area contributed by atoms with Crippen LogP contribution in [0.4, 0.5) is 0 Å². The molecule has 0 fully saturated rings. The highest BCUT2D eigenvalue weighted by atomic mass is 15.0. The Hall–Kier alpha value is -9.06. The standard InChI is InChI=1S/C66H45N5/c1-38-16-22-49-51-24-18-40(3)30-57(51)65-63(55(49)28-38)67-36-59(69-65)46-12-8-10-42(32-46)44-20-26-61-53(34-44)54-35-45(21-27-62(54)71(61)48-14-6-5-7-15-48)43-11-9-13-47(33-43)60-37-68-64-56-29-39(2)17-23-50(56)52-25-19-41(4)31-58(52)66(64)70-60/h5-37H,1-4H3. The first kappa shape index (κ1) is 41.0. The Morgan fingerprint density at radius 1 is 0.282 bits per heavy atom. The van der Waals surface area contributed by atoms with Crippen LogP contribution < -0.4 is 0 Å². The van der Waals surface area contributed by atoms with Gasteiger partial charge in [0.25, 0.3) is 0 Å². The van der Waals surface area contributed by atoms with Gasteiger partial charge in [-0.05, 0) is 144 Å². The van der Waals surface area contributed by atoms with Crippen LogP contribution in [0.3, 0.4) is 0 Å². The van der Waals surface area contributed by atoms with Gasteiger partial charge in [-0.15, -0.1) is 0 Å². The summed E-state index contributed by atoms with van der Waals surface area (Å²) in [6.07, 6.45) is 3.88. The summed E-state index contributed by atoms with van der Waals surface area (Å²) >= 11 is 0. The second-order valence-electron chi connectivity index (χ2n) is 19.4. The summed E-state index contributed by atoms with van der Waals surface area (Å²) < 4.78 is 2.38. The molecule has 11 aromatic carbocycles. The Morgan fingerprint density at radius 3 is 1.08 bits per heavy atom. The first-order valence-electron chi connectivity index (χ1n) is 24.3. The Bertz CT molecular complexity index is 4290. The van der Waals surface area contributed by atoms with E-state index >= 15 is 0 Å². The topological polar surface area (TPSA) is 56.5 Å². The largest absolute Gasteiger partial charge is 0.309 e. The van der Waals surface area contributed by atoms with Crippen LogP contribution in [0.15, 0.2) is 200 Å². The Morgan fingerprint density at radius 2 is 0.662 bits per heavy atom. The van der Waals surface area contributed by atoms with Crippen LogP contribution in [0, 0.1) is 27.7 Å². The first-order valence-corrected chi connectivity index (χ1v) is 24.3. The highest BCUT2D eigenvalue weighted by Gasteiger charge is 2.18. The van der Waals surface area contributed by atoms with Crippen LogP contribution in [0.25, 0.3) is 137 Å². The number of aryl methyl sites for hydroxylation is 4. The van der Waals surface area contributed by atoms with Gasteiger partial charge in [-0.2, -0.15) is 0 Å². The molecule has 0 radical (unpaired) electrons. The molecule has 0 saturated heterocycles. The second-order valence-corrected chi connectivity index (χ2v) is 19.4. The van der Waals surface area contributed by atoms with Crippen molar-refractivity contribution in [2.24, 2.45) is 0 Å². The average Bonchev–Trinajstić information content (AvgIpc) is 3.74. The molecule has 14 rings (SSSR count). The molecule has 0 aliphatic rings. The fraction of sp³-hybridized carbons (Fsp3) is 0.0606. The van der Waals surface area contributed by atoms with Crippen molar-refractivity contribution in [2.45, 2.75) is 27.7 Å². The highest BCUT2D eigenvalue weighted by molar-refractivity contribution is 6.24. The number of fused-ring (bicyclic) bond motifs is 15. The molecular weight excluding hydrogens is 863 g/mol. The number of para-hydroxylation sites is 1. The molecule has 3 heterocycles. The summed E-state index contributed by atoms with van der Waals surface area (Å²) in [5, 5.41) is 11.7. The molecule has 14 aromatic rings. The first-order chi connectivity index (χ1) is 34.8. The van der Waals surface area contributed by atoms with Crippen molar-refractivity contribution in [1.82, 2.24) is 24.5 Å². The predicted octanol–water partition coefficient (Wildman–Crippen LogP) is 17.2. The van der Waals surface area contributed by atoms with Crippen molar-refractivity contribution in [3.8, 4) is 50.5 Å². The third-order valence-corrected chi connectivity index (χ3v) is 14.6. The average molecular weight is 908 g/mol. The third-order valence-electron chi connectivity index (χ3n) is 14.6. The lowest BCUT2D eigenvalue weighted by atomic mass is 9.96. The molecule has 71 heavy (non-hydrogen) atoms. The monoisotopic (exact) mass is 907 g/mol. The van der Waals surface area contributed by atoms with Crippen molar-refractivity contribution in [1.29, 1.82) is 0 Å². The molecule has 0 aliphatic carbocycles. The van der Waals surface area contributed by atoms with Crippen molar-refractivity contribution in [3.05, 3.63) is 223 Å². The minimum atomic E-state index is 0.851. The van der Waals surface area contributed by atoms with Gasteiger partial charge in [0.05, 0.1) is 56.9 Å². The van der Waals surface area contributed by atoms with Gasteiger partial charge in [-0.1, -0.05) is 138 Å². The lowest BCUT2D eigenvalue weighted by Crippen LogP contribution is -1.94. The highest BCUT2D eigenvalue weighted by Crippen LogP contribution is 2.41. The van der Waals surface area contributed by atoms with E-state index in [-0.39, 0.29) is 0 Å². The molecule has 0 spiro atoms. The molecule has 3 aromatic heterocycles. The number of rotatable bonds is 5. The second kappa shape index (κ2) is 15.7. The third kappa shape index (κ3) is 6.61. The summed E-state index contributed by atoms with van der Waals surface area (Å²) in [5.41, 5.74) is 20.2. The van der Waals surface area contributed by atoms with Gasteiger partial charge in [0.2, 0.25) is 0 Å². The molecule has 5 nitrogen and oxygen atoms in total. The number of hydrogen-bond donors (Lipinski definition) is 0. The van der Waals surface area contributed by atoms with Crippen LogP contribution in [0.5, 0.6) is 0 Å². The van der Waals surface area contributed by atoms with E-state index in [9.17, 15) is 0 Å². The Balaban J connectivity index is 0.890. The molecule has 0 amide bonds. The number of benzene rings is 11. The maximum absolute atomic E-state index is 5.39. The molecule has 0 aliphatic heterocycles. The minimum absolute atomic E-state index is 0.851. The van der Waals surface area contributed by atoms with Crippen LogP contribution >= 0.6 is 0 Å². The molecule has 0 unspecified atom stereocenters. The van der Waals surface area contributed by atoms with Crippen molar-refractivity contribution in [2.75, 3.05) is 0 Å². The minimum Gasteiger partial charge on any atom is -0.309 e. The Labute approximate surface area is 410 Å². The molecule has 5 heteroatoms. The zero-order valence-electron chi connectivity index (χ0n) is 39.8. The fourth-order valence-electron chi connectivity index (χ4n) is 11.1. The fourth-order valence-corrected chi connectivity index (χ4v) is 11.1. The quantitative estimate of drug-likeness (QED) is 0.161. The lowest BCUT2D eigenvalue weighted by molar-refractivity contribution is 1.18. The summed E-state index contributed by atoms with van der Waals surface area (Å²) in [6.45, 7) is 8.56. The summed E-state index contributed by atoms with van der Waals surface area (Å²) in [7, 11) is 0. The smallest absolute Gasteiger partial charge is 0.0979 e. The van der Waals surface area contributed by atoms with Crippen LogP contribution in [0.2, 0.25) is 0 Å². The molecular formula is C66H45N5. The number of hydrogen-bond acceptors (Lipinski definition) is 4. The van der Waals surface area contributed by atoms with Gasteiger partial charge >= 0.3 is 0 Å². The van der Waals surface area contributed by atoms with Gasteiger partial charge < -0.3 is 4.57 Å². The van der Waals surface area contributed by atoms with E-state index < -0.39 is 0 Å². The van der Waals surface area contributed by atoms with E-state index in [1.165, 1.54) is 54.6 Å². The zero-order valence-corrected chi connectivity index (χ0v) is 39.8. The Kier molecular flexibility index (Phi) is 9.08. The van der Waals surface area contributed by atoms with Gasteiger partial charge in [0, 0.05) is 49.1 Å². The predicted molar refractivity (Wildman–Crippen MR) is 298 cm³/mol. The number of nitrogens with zero attached hydrogens (tertiary/aromatic N) is 5. The lowest BCUT2D eigenvalue weighted by Gasteiger charge is -2.12. The van der Waals surface area contributed by atoms with E-state index in [4.69, 9.17) is 19.9 Å². The maximum atomic E-state index is 5.39. The van der Waals surface area contributed by atoms with E-state index in [2.05, 4.69) is 220 Å². The van der Waals surface area contributed by atoms with E-state index in [0.29, 0.717) is 0 Å². The normalized spacial score (nSPS) is 11.9. The maximum Gasteiger partial charge on any atom is 0.0979 e. The van der Waals surface area contributed by atoms with Crippen LogP contribution in [-0.4, -0.2) is 24.5 Å². The summed E-state index contributed by atoms with van der Waals surface area (Å²) in [4.78, 5) is 21.1. The van der Waals surface area contributed by atoms with Crippen molar-refractivity contribution < 1.29 is 0 Å². The van der Waals surface area contributed by atoms with Crippen molar-refractivity contribution >= 4 is 87.0 Å². The van der Waals surface area contributed by atoms with Crippen LogP contribution in [-0.2, 0) is 0 Å². The van der Waals surface area contributed by atoms with Gasteiger partial charge in [-0.25, -0.2) is 9.97 Å². The van der Waals surface area contributed by atoms with Gasteiger partial charge in [0.1, 0.15) is 0 Å². The van der Waals surface area contributed by atoms with Crippen molar-refractivity contribution in [3.63, 3.8) is 0 Å². The molecule has 0 atom stereocenters. The van der Waals surface area contributed by atoms with Gasteiger partial charge in [0.15, 0.2) is 0 Å². The summed E-state index contributed by atoms with van der Waals surface area (Å²) in [6, 6.07) is 68.5. The molecule has 0 N–H and O–H groups in total. The zero-order chi connectivity index (χ0) is 47.5. The SMILES string of the molecule is Cc1ccc2c3ccc(C)cc3c3nc(-c4cccc(-c5ccc6c(c5)c5cc(-c7cccc(-c8cnc9c%10cc(C)ccc%10c%10ccc(C)cc%10c9n8)c7)ccc5n6-c5ccccc5)c4)cnc3c2c1. The molecule has 334 valence electrons. The molecule has 0 saturated carbocycles.